The van der Waals surface area contributed by atoms with Crippen LogP contribution in [0.2, 0.25) is 0 Å². The third-order valence-electron chi connectivity index (χ3n) is 4.61. The van der Waals surface area contributed by atoms with E-state index >= 15 is 0 Å². The Morgan fingerprint density at radius 3 is 2.58 bits per heavy atom. The lowest BCUT2D eigenvalue weighted by molar-refractivity contribution is -0.131. The van der Waals surface area contributed by atoms with Crippen molar-refractivity contribution in [2.45, 2.75) is 37.5 Å². The number of benzene rings is 1. The largest absolute Gasteiger partial charge is 0.306 e. The summed E-state index contributed by atoms with van der Waals surface area (Å²) in [4.78, 5) is 11.9. The van der Waals surface area contributed by atoms with Crippen molar-refractivity contribution in [3.63, 3.8) is 0 Å². The number of allylic oxidation sites excluding steroid dienone is 1. The number of nitrogens with zero attached hydrogens (tertiary/aromatic N) is 1. The zero-order valence-electron chi connectivity index (χ0n) is 14.8. The van der Waals surface area contributed by atoms with Crippen molar-refractivity contribution in [1.29, 1.82) is 0 Å². The third kappa shape index (κ3) is 4.26. The molecule has 2 rings (SSSR count). The van der Waals surface area contributed by atoms with E-state index in [1.165, 1.54) is 12.4 Å². The predicted octanol–water partition coefficient (Wildman–Crippen LogP) is 2.25. The van der Waals surface area contributed by atoms with Crippen LogP contribution in [-0.2, 0) is 14.6 Å². The molecule has 7 nitrogen and oxygen atoms in total. The summed E-state index contributed by atoms with van der Waals surface area (Å²) >= 11 is 2.27. The van der Waals surface area contributed by atoms with Gasteiger partial charge in [0.1, 0.15) is 0 Å². The molecular formula is C17H22IN3O4S. The molecule has 0 bridgehead atoms. The molecule has 1 amide bonds. The van der Waals surface area contributed by atoms with Crippen molar-refractivity contribution in [2.75, 3.05) is 6.26 Å². The number of carbonyl (C=O) groups is 1. The molecule has 9 heteroatoms. The molecule has 0 radical (unpaired) electrons. The van der Waals surface area contributed by atoms with Crippen LogP contribution in [0, 0.1) is 0 Å². The number of amides is 1. The Morgan fingerprint density at radius 1 is 1.46 bits per heavy atom. The highest BCUT2D eigenvalue weighted by Gasteiger charge is 2.46. The quantitative estimate of drug-likeness (QED) is 0.322. The molecule has 0 aromatic heterocycles. The molecule has 0 spiro atoms. The van der Waals surface area contributed by atoms with Gasteiger partial charge in [0.15, 0.2) is 14.6 Å². The first-order chi connectivity index (χ1) is 12.1. The summed E-state index contributed by atoms with van der Waals surface area (Å²) < 4.78 is 23.6. The lowest BCUT2D eigenvalue weighted by Gasteiger charge is -2.27. The second-order valence-corrected chi connectivity index (χ2v) is 10.1. The van der Waals surface area contributed by atoms with Crippen molar-refractivity contribution in [3.8, 4) is 0 Å². The fourth-order valence-electron chi connectivity index (χ4n) is 2.78. The third-order valence-corrected chi connectivity index (χ3v) is 7.84. The van der Waals surface area contributed by atoms with Gasteiger partial charge >= 0.3 is 0 Å². The molecule has 1 aliphatic rings. The van der Waals surface area contributed by atoms with E-state index in [1.54, 1.807) is 0 Å². The van der Waals surface area contributed by atoms with E-state index in [9.17, 15) is 13.2 Å². The normalized spacial score (nSPS) is 20.1. The van der Waals surface area contributed by atoms with E-state index in [0.29, 0.717) is 6.42 Å². The van der Waals surface area contributed by atoms with Gasteiger partial charge in [0.05, 0.1) is 11.8 Å². The van der Waals surface area contributed by atoms with Gasteiger partial charge in [0, 0.05) is 16.3 Å². The van der Waals surface area contributed by atoms with Crippen molar-refractivity contribution in [1.82, 2.24) is 10.9 Å². The predicted molar refractivity (Wildman–Crippen MR) is 110 cm³/mol. The molecule has 1 aromatic rings. The summed E-state index contributed by atoms with van der Waals surface area (Å²) in [6.45, 7) is 3.29. The molecule has 2 atom stereocenters. The molecule has 1 heterocycles. The van der Waals surface area contributed by atoms with Crippen LogP contribution in [0.3, 0.4) is 0 Å². The number of hydrogen-bond donors (Lipinski definition) is 3. The number of hydrazone groups is 1. The maximum absolute atomic E-state index is 12.1. The topological polar surface area (TPSA) is 108 Å². The molecule has 142 valence electrons. The minimum absolute atomic E-state index is 0.000217. The van der Waals surface area contributed by atoms with Crippen molar-refractivity contribution >= 4 is 47.6 Å². The summed E-state index contributed by atoms with van der Waals surface area (Å²) in [5.41, 5.74) is 7.23. The van der Waals surface area contributed by atoms with Crippen molar-refractivity contribution in [3.05, 3.63) is 41.5 Å². The first kappa shape index (κ1) is 20.8. The van der Waals surface area contributed by atoms with Gasteiger partial charge in [-0.15, -0.1) is 0 Å². The van der Waals surface area contributed by atoms with Gasteiger partial charge in [-0.25, -0.2) is 13.9 Å². The van der Waals surface area contributed by atoms with Crippen LogP contribution in [0.25, 0.3) is 3.58 Å². The van der Waals surface area contributed by atoms with Gasteiger partial charge in [0.2, 0.25) is 0 Å². The van der Waals surface area contributed by atoms with Crippen LogP contribution in [0.15, 0.2) is 35.4 Å². The standard InChI is InChI=1S/C17H22IN3O4S/c1-4-14(18)11-5-7-12(8-6-11)15-9-13(19-20-15)10-17(2,16(22)21-23)26(3,24)25/h4-8,13,19,23H,9-10H2,1-3H3,(H,21,22)/b14-4-/t13-,17-/m1/s1. The summed E-state index contributed by atoms with van der Waals surface area (Å²) in [6, 6.07) is 7.63. The van der Waals surface area contributed by atoms with Crippen LogP contribution >= 0.6 is 22.6 Å². The second-order valence-electron chi connectivity index (χ2n) is 6.45. The fraction of sp³-hybridized carbons (Fsp3) is 0.412. The molecule has 0 unspecified atom stereocenters. The van der Waals surface area contributed by atoms with E-state index < -0.39 is 20.5 Å². The van der Waals surface area contributed by atoms with Crippen LogP contribution in [-0.4, -0.2) is 42.3 Å². The Kier molecular flexibility index (Phi) is 6.46. The highest BCUT2D eigenvalue weighted by atomic mass is 127. The molecule has 0 saturated carbocycles. The SMILES string of the molecule is C/C=C(\I)c1ccc(C2=NN[C@@H](C[C@](C)(C(=O)NO)S(C)(=O)=O)C2)cc1. The monoisotopic (exact) mass is 491 g/mol. The Bertz CT molecular complexity index is 849. The molecule has 0 fully saturated rings. The lowest BCUT2D eigenvalue weighted by atomic mass is 9.95. The summed E-state index contributed by atoms with van der Waals surface area (Å²) in [7, 11) is -3.73. The first-order valence-electron chi connectivity index (χ1n) is 8.01. The lowest BCUT2D eigenvalue weighted by Crippen LogP contribution is -2.52. The van der Waals surface area contributed by atoms with E-state index in [0.717, 1.165) is 26.7 Å². The summed E-state index contributed by atoms with van der Waals surface area (Å²) in [5, 5.41) is 13.2. The molecule has 0 saturated heterocycles. The molecule has 1 aromatic carbocycles. The summed E-state index contributed by atoms with van der Waals surface area (Å²) in [5.74, 6) is -0.944. The van der Waals surface area contributed by atoms with Gasteiger partial charge in [-0.3, -0.25) is 10.0 Å². The molecule has 1 aliphatic heterocycles. The number of hydroxylamine groups is 1. The minimum Gasteiger partial charge on any atom is -0.306 e. The molecule has 3 N–H and O–H groups in total. The van der Waals surface area contributed by atoms with Gasteiger partial charge in [-0.05, 0) is 54.0 Å². The highest BCUT2D eigenvalue weighted by molar-refractivity contribution is 14.1. The highest BCUT2D eigenvalue weighted by Crippen LogP contribution is 2.27. The van der Waals surface area contributed by atoms with Gasteiger partial charge in [0.25, 0.3) is 5.91 Å². The van der Waals surface area contributed by atoms with E-state index in [4.69, 9.17) is 5.21 Å². The Labute approximate surface area is 167 Å². The number of sulfone groups is 1. The number of rotatable bonds is 6. The number of hydrogen-bond acceptors (Lipinski definition) is 6. The number of nitrogens with one attached hydrogen (secondary N) is 2. The number of halogens is 1. The Hall–Kier alpha value is -1.46. The zero-order valence-corrected chi connectivity index (χ0v) is 17.8. The fourth-order valence-corrected chi connectivity index (χ4v) is 4.03. The first-order valence-corrected chi connectivity index (χ1v) is 11.0. The van der Waals surface area contributed by atoms with Crippen LogP contribution < -0.4 is 10.9 Å². The molecule has 26 heavy (non-hydrogen) atoms. The average Bonchev–Trinajstić information content (AvgIpc) is 3.07. The van der Waals surface area contributed by atoms with E-state index in [1.807, 2.05) is 37.3 Å². The van der Waals surface area contributed by atoms with Crippen molar-refractivity contribution in [2.24, 2.45) is 5.10 Å². The number of carbonyl (C=O) groups excluding carboxylic acids is 1. The maximum Gasteiger partial charge on any atom is 0.264 e. The van der Waals surface area contributed by atoms with Crippen molar-refractivity contribution < 1.29 is 18.4 Å². The minimum atomic E-state index is -3.73. The van der Waals surface area contributed by atoms with Gasteiger partial charge < -0.3 is 5.43 Å². The molecular weight excluding hydrogens is 469 g/mol. The van der Waals surface area contributed by atoms with E-state index in [-0.39, 0.29) is 12.5 Å². The average molecular weight is 491 g/mol. The Balaban J connectivity index is 2.13. The van der Waals surface area contributed by atoms with E-state index in [2.05, 4.69) is 33.1 Å². The molecule has 0 aliphatic carbocycles. The maximum atomic E-state index is 12.1. The smallest absolute Gasteiger partial charge is 0.264 e. The van der Waals surface area contributed by atoms with Crippen LogP contribution in [0.4, 0.5) is 0 Å². The zero-order chi connectivity index (χ0) is 19.5. The summed E-state index contributed by atoms with van der Waals surface area (Å²) in [6.07, 6.45) is 3.50. The van der Waals surface area contributed by atoms with Gasteiger partial charge in [-0.2, -0.15) is 5.10 Å². The second kappa shape index (κ2) is 8.05. The van der Waals surface area contributed by atoms with Gasteiger partial charge in [-0.1, -0.05) is 30.3 Å². The van der Waals surface area contributed by atoms with Crippen LogP contribution in [0.1, 0.15) is 37.8 Å². The van der Waals surface area contributed by atoms with Crippen LogP contribution in [0.5, 0.6) is 0 Å². The Morgan fingerprint density at radius 2 is 2.08 bits per heavy atom.